The average Bonchev–Trinajstić information content (AvgIpc) is 3.58. The van der Waals surface area contributed by atoms with Crippen molar-refractivity contribution >= 4 is 44.3 Å². The van der Waals surface area contributed by atoms with Gasteiger partial charge in [0, 0.05) is 17.4 Å². The van der Waals surface area contributed by atoms with E-state index in [0.717, 1.165) is 34.3 Å². The summed E-state index contributed by atoms with van der Waals surface area (Å²) in [5.41, 5.74) is 3.17. The second-order valence-electron chi connectivity index (χ2n) is 7.18. The summed E-state index contributed by atoms with van der Waals surface area (Å²) in [5.74, 6) is 0.910. The number of aromatic nitrogens is 1. The van der Waals surface area contributed by atoms with Gasteiger partial charge in [0.1, 0.15) is 11.8 Å². The van der Waals surface area contributed by atoms with Gasteiger partial charge in [-0.2, -0.15) is 5.10 Å². The van der Waals surface area contributed by atoms with Crippen LogP contribution in [0.4, 0.5) is 5.13 Å². The maximum absolute atomic E-state index is 5.74. The molecule has 0 amide bonds. The summed E-state index contributed by atoms with van der Waals surface area (Å²) in [6.07, 6.45) is 2.53. The van der Waals surface area contributed by atoms with Gasteiger partial charge in [-0.3, -0.25) is 0 Å². The molecule has 2 aromatic carbocycles. The van der Waals surface area contributed by atoms with Crippen molar-refractivity contribution in [1.82, 2.24) is 4.98 Å². The monoisotopic (exact) mass is 427 g/mol. The second-order valence-corrected chi connectivity index (χ2v) is 8.97. The van der Waals surface area contributed by atoms with Crippen LogP contribution >= 0.6 is 22.7 Å². The first-order chi connectivity index (χ1) is 14.8. The number of benzene rings is 2. The van der Waals surface area contributed by atoms with E-state index in [1.165, 1.54) is 15.6 Å². The van der Waals surface area contributed by atoms with Gasteiger partial charge >= 0.3 is 0 Å². The van der Waals surface area contributed by atoms with E-state index in [4.69, 9.17) is 14.5 Å². The van der Waals surface area contributed by atoms with E-state index in [1.807, 2.05) is 17.1 Å². The molecule has 6 rings (SSSR count). The molecular formula is C24H17N3OS2. The molecule has 1 aliphatic heterocycles. The Morgan fingerprint density at radius 2 is 1.87 bits per heavy atom. The Hall–Kier alpha value is -3.22. The lowest BCUT2D eigenvalue weighted by Crippen LogP contribution is -2.17. The first kappa shape index (κ1) is 17.6. The van der Waals surface area contributed by atoms with Gasteiger partial charge in [-0.25, -0.2) is 9.99 Å². The number of furan rings is 1. The summed E-state index contributed by atoms with van der Waals surface area (Å²) in [6.45, 7) is 0. The maximum Gasteiger partial charge on any atom is 0.207 e. The highest BCUT2D eigenvalue weighted by Gasteiger charge is 2.33. The smallest absolute Gasteiger partial charge is 0.207 e. The van der Waals surface area contributed by atoms with E-state index in [1.54, 1.807) is 28.9 Å². The minimum Gasteiger partial charge on any atom is -0.467 e. The predicted octanol–water partition coefficient (Wildman–Crippen LogP) is 6.97. The van der Waals surface area contributed by atoms with Crippen molar-refractivity contribution in [3.63, 3.8) is 0 Å². The molecule has 1 unspecified atom stereocenters. The number of fused-ring (bicyclic) bond motifs is 1. The van der Waals surface area contributed by atoms with Crippen molar-refractivity contribution < 1.29 is 4.42 Å². The molecule has 146 valence electrons. The summed E-state index contributed by atoms with van der Waals surface area (Å²) in [4.78, 5) is 6.14. The molecule has 30 heavy (non-hydrogen) atoms. The molecule has 3 aromatic heterocycles. The number of rotatable bonds is 4. The lowest BCUT2D eigenvalue weighted by molar-refractivity contribution is 0.465. The summed E-state index contributed by atoms with van der Waals surface area (Å²) in [7, 11) is 0. The highest BCUT2D eigenvalue weighted by atomic mass is 32.1. The Kier molecular flexibility index (Phi) is 4.25. The van der Waals surface area contributed by atoms with Gasteiger partial charge in [0.15, 0.2) is 0 Å². The van der Waals surface area contributed by atoms with Gasteiger partial charge in [-0.15, -0.1) is 22.7 Å². The van der Waals surface area contributed by atoms with Crippen molar-refractivity contribution in [2.24, 2.45) is 5.10 Å². The molecule has 0 saturated carbocycles. The van der Waals surface area contributed by atoms with E-state index in [-0.39, 0.29) is 6.04 Å². The first-order valence-corrected chi connectivity index (χ1v) is 11.5. The lowest BCUT2D eigenvalue weighted by Gasteiger charge is -2.18. The van der Waals surface area contributed by atoms with Crippen LogP contribution in [0.15, 0.2) is 93.3 Å². The largest absolute Gasteiger partial charge is 0.467 e. The van der Waals surface area contributed by atoms with Crippen LogP contribution in [0.25, 0.3) is 22.0 Å². The molecule has 0 fully saturated rings. The normalized spacial score (nSPS) is 16.3. The number of thiophene rings is 1. The number of hydrogen-bond donors (Lipinski definition) is 0. The molecule has 0 radical (unpaired) electrons. The molecule has 0 aliphatic carbocycles. The van der Waals surface area contributed by atoms with E-state index in [2.05, 4.69) is 65.4 Å². The number of thiazole rings is 1. The van der Waals surface area contributed by atoms with Gasteiger partial charge in [0.25, 0.3) is 0 Å². The summed E-state index contributed by atoms with van der Waals surface area (Å²) in [5, 5.41) is 14.5. The Morgan fingerprint density at radius 3 is 2.70 bits per heavy atom. The third kappa shape index (κ3) is 3.05. The fraction of sp³-hybridized carbons (Fsp3) is 0.0833. The van der Waals surface area contributed by atoms with Gasteiger partial charge in [0.2, 0.25) is 5.13 Å². The molecule has 0 saturated heterocycles. The standard InChI is InChI=1S/C24H17N3OS2/c1-2-6-17-13-18(10-9-16(17)5-1)20-15-30-24(25-20)27-21(22-7-3-11-28-22)14-19(26-27)23-8-4-12-29-23/h1-13,15,21H,14H2. The van der Waals surface area contributed by atoms with Crippen LogP contribution in [-0.4, -0.2) is 10.7 Å². The number of anilines is 1. The molecule has 4 heterocycles. The summed E-state index contributed by atoms with van der Waals surface area (Å²) < 4.78 is 5.74. The number of nitrogens with zero attached hydrogens (tertiary/aromatic N) is 3. The Labute approximate surface area is 181 Å². The first-order valence-electron chi connectivity index (χ1n) is 9.74. The third-order valence-corrected chi connectivity index (χ3v) is 7.07. The quantitative estimate of drug-likeness (QED) is 0.311. The molecule has 0 spiro atoms. The molecule has 0 N–H and O–H groups in total. The third-order valence-electron chi connectivity index (χ3n) is 5.32. The summed E-state index contributed by atoms with van der Waals surface area (Å²) in [6, 6.07) is 23.0. The zero-order valence-corrected chi connectivity index (χ0v) is 17.6. The Bertz CT molecular complexity index is 1340. The van der Waals surface area contributed by atoms with E-state index in [0.29, 0.717) is 0 Å². The minimum absolute atomic E-state index is 0.0210. The minimum atomic E-state index is 0.0210. The van der Waals surface area contributed by atoms with Crippen molar-refractivity contribution in [1.29, 1.82) is 0 Å². The van der Waals surface area contributed by atoms with Crippen LogP contribution in [0.3, 0.4) is 0 Å². The highest BCUT2D eigenvalue weighted by Crippen LogP contribution is 2.40. The Balaban J connectivity index is 1.38. The molecule has 1 aliphatic rings. The zero-order valence-electron chi connectivity index (χ0n) is 15.9. The van der Waals surface area contributed by atoms with E-state index < -0.39 is 0 Å². The van der Waals surface area contributed by atoms with Crippen LogP contribution in [0, 0.1) is 0 Å². The molecular weight excluding hydrogens is 410 g/mol. The predicted molar refractivity (Wildman–Crippen MR) is 124 cm³/mol. The van der Waals surface area contributed by atoms with E-state index >= 15 is 0 Å². The molecule has 1 atom stereocenters. The van der Waals surface area contributed by atoms with Crippen molar-refractivity contribution in [3.05, 3.63) is 94.4 Å². The van der Waals surface area contributed by atoms with Crippen molar-refractivity contribution in [2.45, 2.75) is 12.5 Å². The van der Waals surface area contributed by atoms with Gasteiger partial charge in [-0.05, 0) is 40.4 Å². The molecule has 5 aromatic rings. The van der Waals surface area contributed by atoms with Crippen LogP contribution in [0.2, 0.25) is 0 Å². The van der Waals surface area contributed by atoms with Crippen LogP contribution in [-0.2, 0) is 0 Å². The van der Waals surface area contributed by atoms with Gasteiger partial charge in [-0.1, -0.05) is 42.5 Å². The second kappa shape index (κ2) is 7.23. The van der Waals surface area contributed by atoms with Gasteiger partial charge < -0.3 is 4.42 Å². The number of hydrazone groups is 1. The van der Waals surface area contributed by atoms with Crippen LogP contribution < -0.4 is 5.01 Å². The van der Waals surface area contributed by atoms with Gasteiger partial charge in [0.05, 0.1) is 22.5 Å². The fourth-order valence-corrected chi connectivity index (χ4v) is 5.39. The highest BCUT2D eigenvalue weighted by molar-refractivity contribution is 7.14. The molecule has 6 heteroatoms. The molecule has 0 bridgehead atoms. The zero-order chi connectivity index (χ0) is 19.9. The van der Waals surface area contributed by atoms with E-state index in [9.17, 15) is 0 Å². The Morgan fingerprint density at radius 1 is 0.933 bits per heavy atom. The fourth-order valence-electron chi connectivity index (χ4n) is 3.83. The van der Waals surface area contributed by atoms with Crippen molar-refractivity contribution in [3.8, 4) is 11.3 Å². The topological polar surface area (TPSA) is 41.6 Å². The number of hydrogen-bond acceptors (Lipinski definition) is 6. The van der Waals surface area contributed by atoms with Crippen LogP contribution in [0.5, 0.6) is 0 Å². The molecule has 4 nitrogen and oxygen atoms in total. The lowest BCUT2D eigenvalue weighted by atomic mass is 10.1. The summed E-state index contributed by atoms with van der Waals surface area (Å²) >= 11 is 3.33. The SMILES string of the molecule is c1coc(C2CC(c3cccs3)=NN2c2nc(-c3ccc4ccccc4c3)cs2)c1. The van der Waals surface area contributed by atoms with Crippen LogP contribution in [0.1, 0.15) is 23.1 Å². The maximum atomic E-state index is 5.74. The average molecular weight is 428 g/mol. The van der Waals surface area contributed by atoms with Crippen molar-refractivity contribution in [2.75, 3.05) is 5.01 Å².